The number of phosphoric acid groups is 1. The van der Waals surface area contributed by atoms with Gasteiger partial charge in [0.05, 0.1) is 6.61 Å². The van der Waals surface area contributed by atoms with Crippen LogP contribution in [0.2, 0.25) is 0 Å². The molecule has 0 aliphatic heterocycles. The van der Waals surface area contributed by atoms with Crippen LogP contribution in [0, 0.1) is 0 Å². The second kappa shape index (κ2) is 33.7. The molecule has 0 spiro atoms. The molecule has 9 heteroatoms. The number of hydrogen-bond donors (Lipinski definition) is 2. The van der Waals surface area contributed by atoms with Gasteiger partial charge in [-0.05, 0) is 38.5 Å². The summed E-state index contributed by atoms with van der Waals surface area (Å²) in [7, 11) is -4.74. The molecule has 0 rings (SSSR count). The standard InChI is InChI=1S/C37H71O8P/c1-3-5-7-9-11-13-15-17-19-21-23-25-27-29-31-36(38)43-33-35(34-44-46(40,41)42)45-37(39)32-30-28-26-24-22-20-18-16-14-12-10-8-6-4-2/h16,18,35H,3-15,17,19-34H2,1-2H3,(H2,40,41,42)/b18-16-. The highest BCUT2D eigenvalue weighted by Crippen LogP contribution is 2.36. The average molecular weight is 675 g/mol. The van der Waals surface area contributed by atoms with Crippen LogP contribution in [0.15, 0.2) is 12.2 Å². The molecule has 1 atom stereocenters. The first-order valence-corrected chi connectivity index (χ1v) is 20.5. The SMILES string of the molecule is CCCCCCC/C=C\CCCCCCCC(=O)OC(COC(=O)CCCCCCCCCCCCCCCC)COP(=O)(O)O. The number of phosphoric ester groups is 1. The molecule has 0 aliphatic rings. The van der Waals surface area contributed by atoms with Gasteiger partial charge < -0.3 is 19.3 Å². The maximum atomic E-state index is 12.3. The highest BCUT2D eigenvalue weighted by atomic mass is 31.2. The fourth-order valence-corrected chi connectivity index (χ4v) is 5.79. The second-order valence-electron chi connectivity index (χ2n) is 12.9. The fourth-order valence-electron chi connectivity index (χ4n) is 5.43. The molecule has 0 aromatic rings. The first-order valence-electron chi connectivity index (χ1n) is 19.0. The molecule has 0 aromatic carbocycles. The fraction of sp³-hybridized carbons (Fsp3) is 0.892. The lowest BCUT2D eigenvalue weighted by Gasteiger charge is -2.18. The van der Waals surface area contributed by atoms with Gasteiger partial charge in [-0.3, -0.25) is 14.1 Å². The summed E-state index contributed by atoms with van der Waals surface area (Å²) in [5.41, 5.74) is 0. The predicted molar refractivity (Wildman–Crippen MR) is 189 cm³/mol. The number of unbranched alkanes of at least 4 members (excludes halogenated alkanes) is 23. The number of hydrogen-bond acceptors (Lipinski definition) is 6. The van der Waals surface area contributed by atoms with E-state index < -0.39 is 32.5 Å². The van der Waals surface area contributed by atoms with E-state index in [1.165, 1.54) is 109 Å². The molecule has 2 N–H and O–H groups in total. The van der Waals surface area contributed by atoms with Crippen LogP contribution < -0.4 is 0 Å². The van der Waals surface area contributed by atoms with Crippen molar-refractivity contribution in [2.24, 2.45) is 0 Å². The van der Waals surface area contributed by atoms with Crippen molar-refractivity contribution in [2.45, 2.75) is 200 Å². The van der Waals surface area contributed by atoms with E-state index in [0.717, 1.165) is 51.4 Å². The third-order valence-corrected chi connectivity index (χ3v) is 8.77. The van der Waals surface area contributed by atoms with Gasteiger partial charge in [0.2, 0.25) is 0 Å². The summed E-state index contributed by atoms with van der Waals surface area (Å²) in [4.78, 5) is 42.7. The zero-order chi connectivity index (χ0) is 34.0. The number of esters is 2. The van der Waals surface area contributed by atoms with Crippen LogP contribution in [0.1, 0.15) is 194 Å². The molecule has 0 amide bonds. The van der Waals surface area contributed by atoms with Crippen molar-refractivity contribution in [3.8, 4) is 0 Å². The van der Waals surface area contributed by atoms with Gasteiger partial charge in [-0.25, -0.2) is 4.57 Å². The van der Waals surface area contributed by atoms with Gasteiger partial charge >= 0.3 is 19.8 Å². The molecule has 1 unspecified atom stereocenters. The largest absolute Gasteiger partial charge is 0.469 e. The summed E-state index contributed by atoms with van der Waals surface area (Å²) in [6.45, 7) is 3.67. The van der Waals surface area contributed by atoms with E-state index in [4.69, 9.17) is 19.3 Å². The van der Waals surface area contributed by atoms with Crippen LogP contribution in [0.4, 0.5) is 0 Å². The van der Waals surface area contributed by atoms with Crippen LogP contribution in [0.25, 0.3) is 0 Å². The average Bonchev–Trinajstić information content (AvgIpc) is 3.02. The molecule has 0 saturated carbocycles. The van der Waals surface area contributed by atoms with Crippen LogP contribution >= 0.6 is 7.82 Å². The minimum absolute atomic E-state index is 0.206. The van der Waals surface area contributed by atoms with E-state index in [-0.39, 0.29) is 19.4 Å². The zero-order valence-electron chi connectivity index (χ0n) is 29.7. The Morgan fingerprint density at radius 1 is 0.543 bits per heavy atom. The number of allylic oxidation sites excluding steroid dienone is 2. The molecule has 46 heavy (non-hydrogen) atoms. The molecule has 272 valence electrons. The van der Waals surface area contributed by atoms with Gasteiger partial charge in [-0.15, -0.1) is 0 Å². The smallest absolute Gasteiger partial charge is 0.462 e. The van der Waals surface area contributed by atoms with E-state index in [2.05, 4.69) is 30.5 Å². The van der Waals surface area contributed by atoms with Crippen molar-refractivity contribution in [3.63, 3.8) is 0 Å². The van der Waals surface area contributed by atoms with Crippen molar-refractivity contribution in [2.75, 3.05) is 13.2 Å². The topological polar surface area (TPSA) is 119 Å². The number of rotatable bonds is 35. The maximum absolute atomic E-state index is 12.3. The lowest BCUT2D eigenvalue weighted by molar-refractivity contribution is -0.161. The molecule has 0 aliphatic carbocycles. The van der Waals surface area contributed by atoms with Crippen LogP contribution in [-0.4, -0.2) is 41.0 Å². The number of carbonyl (C=O) groups excluding carboxylic acids is 2. The van der Waals surface area contributed by atoms with Crippen molar-refractivity contribution >= 4 is 19.8 Å². The summed E-state index contributed by atoms with van der Waals surface area (Å²) in [5.74, 6) is -0.887. The van der Waals surface area contributed by atoms with E-state index in [0.29, 0.717) is 6.42 Å². The Bertz CT molecular complexity index is 766. The predicted octanol–water partition coefficient (Wildman–Crippen LogP) is 11.1. The summed E-state index contributed by atoms with van der Waals surface area (Å²) in [6, 6.07) is 0. The minimum atomic E-state index is -4.74. The first kappa shape index (κ1) is 44.8. The van der Waals surface area contributed by atoms with Gasteiger partial charge in [0.25, 0.3) is 0 Å². The van der Waals surface area contributed by atoms with Gasteiger partial charge in [0.15, 0.2) is 6.10 Å². The third kappa shape index (κ3) is 35.6. The Kier molecular flexibility index (Phi) is 32.8. The lowest BCUT2D eigenvalue weighted by atomic mass is 10.0. The molecule has 0 bridgehead atoms. The van der Waals surface area contributed by atoms with Crippen LogP contribution in [0.5, 0.6) is 0 Å². The number of ether oxygens (including phenoxy) is 2. The Balaban J connectivity index is 3.95. The molecule has 0 fully saturated rings. The maximum Gasteiger partial charge on any atom is 0.469 e. The zero-order valence-corrected chi connectivity index (χ0v) is 30.6. The monoisotopic (exact) mass is 674 g/mol. The van der Waals surface area contributed by atoms with Gasteiger partial charge in [-0.1, -0.05) is 154 Å². The lowest BCUT2D eigenvalue weighted by Crippen LogP contribution is -2.29. The first-order chi connectivity index (χ1) is 22.3. The summed E-state index contributed by atoms with van der Waals surface area (Å²) >= 11 is 0. The van der Waals surface area contributed by atoms with Crippen molar-refractivity contribution in [3.05, 3.63) is 12.2 Å². The van der Waals surface area contributed by atoms with Crippen molar-refractivity contribution in [1.29, 1.82) is 0 Å². The molecule has 0 radical (unpaired) electrons. The summed E-state index contributed by atoms with van der Waals surface area (Å²) in [5, 5.41) is 0. The third-order valence-electron chi connectivity index (χ3n) is 8.28. The highest BCUT2D eigenvalue weighted by Gasteiger charge is 2.22. The Morgan fingerprint density at radius 2 is 0.913 bits per heavy atom. The molecule has 0 aromatic heterocycles. The van der Waals surface area contributed by atoms with E-state index in [1.807, 2.05) is 0 Å². The Hall–Kier alpha value is -1.21. The van der Waals surface area contributed by atoms with E-state index in [9.17, 15) is 14.2 Å². The van der Waals surface area contributed by atoms with Crippen LogP contribution in [-0.2, 0) is 28.2 Å². The van der Waals surface area contributed by atoms with Crippen LogP contribution in [0.3, 0.4) is 0 Å². The Labute approximate surface area is 282 Å². The van der Waals surface area contributed by atoms with Gasteiger partial charge in [0.1, 0.15) is 6.61 Å². The van der Waals surface area contributed by atoms with Crippen molar-refractivity contribution in [1.82, 2.24) is 0 Å². The van der Waals surface area contributed by atoms with Crippen molar-refractivity contribution < 1.29 is 37.9 Å². The second-order valence-corrected chi connectivity index (χ2v) is 14.1. The summed E-state index contributed by atoms with van der Waals surface area (Å²) < 4.78 is 26.3. The normalized spacial score (nSPS) is 12.5. The Morgan fingerprint density at radius 3 is 1.33 bits per heavy atom. The quantitative estimate of drug-likeness (QED) is 0.0295. The minimum Gasteiger partial charge on any atom is -0.462 e. The van der Waals surface area contributed by atoms with E-state index in [1.54, 1.807) is 0 Å². The molecule has 8 nitrogen and oxygen atoms in total. The van der Waals surface area contributed by atoms with Gasteiger partial charge in [0, 0.05) is 12.8 Å². The summed E-state index contributed by atoms with van der Waals surface area (Å²) in [6.07, 6.45) is 35.0. The molecule has 0 heterocycles. The molecule has 0 saturated heterocycles. The molecular formula is C37H71O8P. The highest BCUT2D eigenvalue weighted by molar-refractivity contribution is 7.46. The van der Waals surface area contributed by atoms with E-state index >= 15 is 0 Å². The van der Waals surface area contributed by atoms with Gasteiger partial charge in [-0.2, -0.15) is 0 Å². The molecular weight excluding hydrogens is 603 g/mol. The number of carbonyl (C=O) groups is 2.